The van der Waals surface area contributed by atoms with Crippen LogP contribution in [0.2, 0.25) is 18.1 Å². The molecular formula is C23H30N8O4Si. The first-order chi connectivity index (χ1) is 17.0. The largest absolute Gasteiger partial charge is 0.407 e. The Balaban J connectivity index is 1.69. The third-order valence-electron chi connectivity index (χ3n) is 6.78. The third kappa shape index (κ3) is 4.97. The van der Waals surface area contributed by atoms with Gasteiger partial charge >= 0.3 is 0 Å². The summed E-state index contributed by atoms with van der Waals surface area (Å²) in [7, 11) is -2.33. The minimum atomic E-state index is -2.33. The Kier molecular flexibility index (Phi) is 7.11. The molecule has 1 saturated heterocycles. The van der Waals surface area contributed by atoms with Crippen LogP contribution in [0.3, 0.4) is 0 Å². The molecule has 1 fully saturated rings. The fourth-order valence-electron chi connectivity index (χ4n) is 3.75. The molecule has 0 spiro atoms. The standard InChI is InChI=1S/C23H30N8O4Si/c1-23(2,3)36(4,5)35-18-17(32)15(11-28-30-24)34-22(18)31-13-27-16-19(25-12-26-20(16)31)29-21(33)14-9-7-6-8-10-14/h6-10,12-13,15,17-18,22,32H,11H2,1-5H3,(H,25,26,29,33)/t15-,17-,18-,22-/m1/s1. The maximum absolute atomic E-state index is 12.7. The Bertz CT molecular complexity index is 1290. The number of azide groups is 1. The molecule has 3 heterocycles. The third-order valence-corrected chi connectivity index (χ3v) is 11.2. The summed E-state index contributed by atoms with van der Waals surface area (Å²) in [5, 5.41) is 17.4. The molecule has 0 bridgehead atoms. The van der Waals surface area contributed by atoms with Crippen LogP contribution in [0.5, 0.6) is 0 Å². The molecule has 13 heteroatoms. The smallest absolute Gasteiger partial charge is 0.256 e. The number of rotatable bonds is 7. The average molecular weight is 511 g/mol. The first kappa shape index (κ1) is 25.7. The van der Waals surface area contributed by atoms with Crippen molar-refractivity contribution in [1.82, 2.24) is 19.5 Å². The van der Waals surface area contributed by atoms with Crippen LogP contribution in [0.25, 0.3) is 21.6 Å². The van der Waals surface area contributed by atoms with Crippen molar-refractivity contribution in [2.45, 2.75) is 63.4 Å². The van der Waals surface area contributed by atoms with E-state index in [4.69, 9.17) is 14.7 Å². The number of anilines is 1. The van der Waals surface area contributed by atoms with Gasteiger partial charge in [-0.3, -0.25) is 9.36 Å². The number of nitrogens with one attached hydrogen (secondary N) is 1. The van der Waals surface area contributed by atoms with E-state index in [9.17, 15) is 9.90 Å². The molecule has 0 radical (unpaired) electrons. The van der Waals surface area contributed by atoms with Crippen molar-refractivity contribution < 1.29 is 19.1 Å². The Morgan fingerprint density at radius 3 is 2.67 bits per heavy atom. The lowest BCUT2D eigenvalue weighted by molar-refractivity contribution is -0.0286. The highest BCUT2D eigenvalue weighted by Crippen LogP contribution is 2.42. The Morgan fingerprint density at radius 1 is 1.28 bits per heavy atom. The number of hydrogen-bond acceptors (Lipinski definition) is 8. The average Bonchev–Trinajstić information content (AvgIpc) is 3.39. The van der Waals surface area contributed by atoms with Crippen LogP contribution in [-0.2, 0) is 9.16 Å². The Morgan fingerprint density at radius 2 is 2.00 bits per heavy atom. The number of aromatic nitrogens is 4. The summed E-state index contributed by atoms with van der Waals surface area (Å²) in [6, 6.07) is 8.78. The molecule has 1 aromatic carbocycles. The van der Waals surface area contributed by atoms with E-state index in [1.807, 2.05) is 6.07 Å². The first-order valence-corrected chi connectivity index (χ1v) is 14.5. The van der Waals surface area contributed by atoms with Gasteiger partial charge in [0.05, 0.1) is 19.0 Å². The molecule has 36 heavy (non-hydrogen) atoms. The number of fused-ring (bicyclic) bond motifs is 1. The molecule has 12 nitrogen and oxygen atoms in total. The number of carbonyl (C=O) groups excluding carboxylic acids is 1. The minimum absolute atomic E-state index is 0.0501. The highest BCUT2D eigenvalue weighted by Gasteiger charge is 2.50. The molecular weight excluding hydrogens is 480 g/mol. The summed E-state index contributed by atoms with van der Waals surface area (Å²) < 4.78 is 14.4. The summed E-state index contributed by atoms with van der Waals surface area (Å²) in [6.07, 6.45) is -0.492. The van der Waals surface area contributed by atoms with Gasteiger partial charge in [0.1, 0.15) is 18.5 Å². The molecule has 4 rings (SSSR count). The zero-order valence-electron chi connectivity index (χ0n) is 20.9. The summed E-state index contributed by atoms with van der Waals surface area (Å²) in [5.41, 5.74) is 10.0. The van der Waals surface area contributed by atoms with Gasteiger partial charge < -0.3 is 19.6 Å². The van der Waals surface area contributed by atoms with Gasteiger partial charge in [0, 0.05) is 10.5 Å². The van der Waals surface area contributed by atoms with Crippen molar-refractivity contribution in [3.05, 3.63) is 59.0 Å². The van der Waals surface area contributed by atoms with E-state index in [2.05, 4.69) is 64.2 Å². The van der Waals surface area contributed by atoms with Crippen molar-refractivity contribution in [2.24, 2.45) is 5.11 Å². The highest BCUT2D eigenvalue weighted by atomic mass is 28.4. The normalized spacial score (nSPS) is 22.4. The van der Waals surface area contributed by atoms with E-state index in [0.29, 0.717) is 16.7 Å². The first-order valence-electron chi connectivity index (χ1n) is 11.6. The van der Waals surface area contributed by atoms with Gasteiger partial charge in [-0.25, -0.2) is 15.0 Å². The second-order valence-electron chi connectivity index (χ2n) is 10.2. The summed E-state index contributed by atoms with van der Waals surface area (Å²) in [6.45, 7) is 10.4. The second kappa shape index (κ2) is 9.95. The number of nitrogens with zero attached hydrogens (tertiary/aromatic N) is 7. The van der Waals surface area contributed by atoms with E-state index in [-0.39, 0.29) is 23.3 Å². The number of aliphatic hydroxyl groups excluding tert-OH is 1. The fourth-order valence-corrected chi connectivity index (χ4v) is 5.04. The van der Waals surface area contributed by atoms with Gasteiger partial charge in [-0.15, -0.1) is 0 Å². The zero-order valence-corrected chi connectivity index (χ0v) is 21.9. The molecule has 3 aromatic rings. The minimum Gasteiger partial charge on any atom is -0.407 e. The number of carbonyl (C=O) groups is 1. The lowest BCUT2D eigenvalue weighted by atomic mass is 10.1. The molecule has 4 atom stereocenters. The lowest BCUT2D eigenvalue weighted by Crippen LogP contribution is -2.48. The summed E-state index contributed by atoms with van der Waals surface area (Å²) in [5.74, 6) is -0.0788. The van der Waals surface area contributed by atoms with Crippen molar-refractivity contribution >= 4 is 31.2 Å². The van der Waals surface area contributed by atoms with Crippen molar-refractivity contribution in [3.63, 3.8) is 0 Å². The second-order valence-corrected chi connectivity index (χ2v) is 14.9. The monoisotopic (exact) mass is 510 g/mol. The molecule has 1 amide bonds. The van der Waals surface area contributed by atoms with E-state index < -0.39 is 32.9 Å². The molecule has 0 saturated carbocycles. The fraction of sp³-hybridized carbons (Fsp3) is 0.478. The Labute approximate surface area is 209 Å². The van der Waals surface area contributed by atoms with Gasteiger partial charge in [0.25, 0.3) is 5.91 Å². The predicted molar refractivity (Wildman–Crippen MR) is 136 cm³/mol. The molecule has 0 aliphatic carbocycles. The zero-order chi connectivity index (χ0) is 26.1. The number of imidazole rings is 1. The topological polar surface area (TPSA) is 160 Å². The highest BCUT2D eigenvalue weighted by molar-refractivity contribution is 6.74. The number of amides is 1. The van der Waals surface area contributed by atoms with Crippen molar-refractivity contribution in [2.75, 3.05) is 11.9 Å². The SMILES string of the molecule is CC(C)(C)[Si](C)(C)O[C@@H]1[C@H](O)[C@@H](CN=[N+]=[N-])O[C@H]1n1cnc2c(NC(=O)c3ccccc3)ncnc21. The summed E-state index contributed by atoms with van der Waals surface area (Å²) in [4.78, 5) is 28.5. The van der Waals surface area contributed by atoms with Gasteiger partial charge in [-0.2, -0.15) is 0 Å². The van der Waals surface area contributed by atoms with Crippen LogP contribution >= 0.6 is 0 Å². The van der Waals surface area contributed by atoms with E-state index in [1.54, 1.807) is 28.8 Å². The molecule has 1 aliphatic rings. The van der Waals surface area contributed by atoms with E-state index in [1.165, 1.54) is 12.7 Å². The molecule has 2 N–H and O–H groups in total. The van der Waals surface area contributed by atoms with Gasteiger partial charge in [-0.05, 0) is 35.8 Å². The van der Waals surface area contributed by atoms with Crippen molar-refractivity contribution in [1.29, 1.82) is 0 Å². The quantitative estimate of drug-likeness (QED) is 0.210. The molecule has 190 valence electrons. The number of ether oxygens (including phenoxy) is 1. The van der Waals surface area contributed by atoms with Gasteiger partial charge in [0.2, 0.25) is 0 Å². The van der Waals surface area contributed by atoms with Gasteiger partial charge in [0.15, 0.2) is 31.5 Å². The molecule has 0 unspecified atom stereocenters. The van der Waals surface area contributed by atoms with Gasteiger partial charge in [-0.1, -0.05) is 44.1 Å². The van der Waals surface area contributed by atoms with Crippen LogP contribution in [-0.4, -0.2) is 63.7 Å². The van der Waals surface area contributed by atoms with Crippen LogP contribution in [0.4, 0.5) is 5.82 Å². The number of benzene rings is 1. The van der Waals surface area contributed by atoms with Crippen LogP contribution < -0.4 is 5.32 Å². The maximum atomic E-state index is 12.7. The lowest BCUT2D eigenvalue weighted by Gasteiger charge is -2.40. The number of hydrogen-bond donors (Lipinski definition) is 2. The Hall–Kier alpha value is -3.35. The maximum Gasteiger partial charge on any atom is 0.256 e. The summed E-state index contributed by atoms with van der Waals surface area (Å²) >= 11 is 0. The molecule has 1 aliphatic heterocycles. The van der Waals surface area contributed by atoms with E-state index in [0.717, 1.165) is 0 Å². The van der Waals surface area contributed by atoms with Crippen LogP contribution in [0.15, 0.2) is 48.1 Å². The molecule has 2 aromatic heterocycles. The number of aliphatic hydroxyl groups is 1. The van der Waals surface area contributed by atoms with Crippen molar-refractivity contribution in [3.8, 4) is 0 Å². The predicted octanol–water partition coefficient (Wildman–Crippen LogP) is 4.04. The van der Waals surface area contributed by atoms with Crippen LogP contribution in [0.1, 0.15) is 37.4 Å². The van der Waals surface area contributed by atoms with E-state index >= 15 is 0 Å². The van der Waals surface area contributed by atoms with Crippen LogP contribution in [0, 0.1) is 0 Å².